The van der Waals surface area contributed by atoms with Crippen molar-refractivity contribution in [3.05, 3.63) is 0 Å². The molecule has 0 aromatic rings. The third-order valence-electron chi connectivity index (χ3n) is 0.129. The van der Waals surface area contributed by atoms with Crippen LogP contribution in [0, 0.1) is 0 Å². The van der Waals surface area contributed by atoms with Gasteiger partial charge in [-0.1, -0.05) is 0 Å². The number of rotatable bonds is 0. The summed E-state index contributed by atoms with van der Waals surface area (Å²) >= 11 is 0. The van der Waals surface area contributed by atoms with E-state index >= 15 is 0 Å². The van der Waals surface area contributed by atoms with E-state index in [4.69, 9.17) is 5.26 Å². The lowest BCUT2D eigenvalue weighted by Gasteiger charge is -1.76. The Morgan fingerprint density at radius 1 is 1.20 bits per heavy atom. The molecule has 0 heterocycles. The van der Waals surface area contributed by atoms with E-state index in [1.54, 1.807) is 0 Å². The predicted molar refractivity (Wildman–Crippen MR) is 37.4 cm³/mol. The predicted octanol–water partition coefficient (Wildman–Crippen LogP) is -4.19. The molecule has 0 bridgehead atoms. The Balaban J connectivity index is -0.00000000800. The molecule has 0 radical (unpaired) electrons. The summed E-state index contributed by atoms with van der Waals surface area (Å²) in [5.74, 6) is -0.690. The van der Waals surface area contributed by atoms with Crippen molar-refractivity contribution in [2.75, 3.05) is 0 Å². The van der Waals surface area contributed by atoms with Crippen molar-refractivity contribution in [1.82, 2.24) is 0 Å². The maximum Gasteiger partial charge on any atom is 0.339 e. The lowest BCUT2D eigenvalue weighted by molar-refractivity contribution is -0.231. The quantitative estimate of drug-likeness (QED) is 0.223. The van der Waals surface area contributed by atoms with Gasteiger partial charge in [-0.05, 0) is 0 Å². The molecular formula is C2H14MgO7. The van der Waals surface area contributed by atoms with Gasteiger partial charge in [0.2, 0.25) is 0 Å². The second-order valence-electron chi connectivity index (χ2n) is 0.583. The van der Waals surface area contributed by atoms with E-state index < -0.39 is 5.97 Å². The Kier molecular flexibility index (Phi) is 180. The third-order valence-corrected chi connectivity index (χ3v) is 0.129. The molecule has 7 nitrogen and oxygen atoms in total. The summed E-state index contributed by atoms with van der Waals surface area (Å²) < 4.78 is 0. The van der Waals surface area contributed by atoms with Gasteiger partial charge < -0.3 is 26.8 Å². The first kappa shape index (κ1) is 50.3. The van der Waals surface area contributed by atoms with Crippen LogP contribution in [-0.4, -0.2) is 56.2 Å². The average molecular weight is 174 g/mol. The molecule has 8 heteroatoms. The average Bonchev–Trinajstić information content (AvgIpc) is 1.38. The molecule has 0 aromatic heterocycles. The normalized spacial score (nSPS) is 3.40. The first-order chi connectivity index (χ1) is 2.27. The molecule has 0 aromatic carbocycles. The zero-order valence-corrected chi connectivity index (χ0v) is 4.76. The summed E-state index contributed by atoms with van der Waals surface area (Å²) in [5.41, 5.74) is 0. The first-order valence-corrected chi connectivity index (χ1v) is 1.09. The number of hydrogen-bond acceptors (Lipinski definition) is 3. The minimum atomic E-state index is -0.690. The highest BCUT2D eigenvalue weighted by molar-refractivity contribution is 5.75. The molecule has 9 N–H and O–H groups in total. The largest absolute Gasteiger partial charge is 0.412 e. The van der Waals surface area contributed by atoms with Gasteiger partial charge in [-0.2, -0.15) is 5.26 Å². The monoisotopic (exact) mass is 174 g/mol. The zero-order chi connectivity index (χ0) is 4.28. The van der Waals surface area contributed by atoms with Crippen LogP contribution in [0.25, 0.3) is 0 Å². The molecule has 0 fully saturated rings. The second-order valence-corrected chi connectivity index (χ2v) is 0.583. The van der Waals surface area contributed by atoms with Crippen LogP contribution >= 0.6 is 0 Å². The SMILES string of the molecule is CC(=O)OO.O.O.O.O.[MgH2]. The number of hydrogen-bond donors (Lipinski definition) is 1. The van der Waals surface area contributed by atoms with E-state index in [-0.39, 0.29) is 45.0 Å². The van der Waals surface area contributed by atoms with Gasteiger partial charge in [0.1, 0.15) is 0 Å². The highest BCUT2D eigenvalue weighted by atomic mass is 24.3. The molecule has 0 saturated heterocycles. The summed E-state index contributed by atoms with van der Waals surface area (Å²) in [6.45, 7) is 1.11. The molecule has 0 aliphatic heterocycles. The Morgan fingerprint density at radius 3 is 1.30 bits per heavy atom. The van der Waals surface area contributed by atoms with Crippen molar-refractivity contribution < 1.29 is 36.8 Å². The third kappa shape index (κ3) is 96.0. The van der Waals surface area contributed by atoms with Gasteiger partial charge in [0, 0.05) is 6.92 Å². The Bertz CT molecular complexity index is 46.9. The van der Waals surface area contributed by atoms with Crippen LogP contribution in [0.4, 0.5) is 0 Å². The highest BCUT2D eigenvalue weighted by Crippen LogP contribution is 1.59. The van der Waals surface area contributed by atoms with Crippen molar-refractivity contribution in [2.45, 2.75) is 6.92 Å². The second kappa shape index (κ2) is 35.8. The fraction of sp³-hybridized carbons (Fsp3) is 0.500. The van der Waals surface area contributed by atoms with E-state index in [1.165, 1.54) is 0 Å². The fourth-order valence-electron chi connectivity index (χ4n) is 0. The zero-order valence-electron chi connectivity index (χ0n) is 4.76. The summed E-state index contributed by atoms with van der Waals surface area (Å²) in [7, 11) is 0. The molecule has 0 aliphatic rings. The van der Waals surface area contributed by atoms with E-state index in [1.807, 2.05) is 0 Å². The number of carbonyl (C=O) groups is 1. The van der Waals surface area contributed by atoms with Crippen molar-refractivity contribution in [2.24, 2.45) is 0 Å². The maximum absolute atomic E-state index is 9.34. The minimum absolute atomic E-state index is 0. The van der Waals surface area contributed by atoms with E-state index in [2.05, 4.69) is 4.89 Å². The van der Waals surface area contributed by atoms with Gasteiger partial charge in [0.25, 0.3) is 0 Å². The molecular weight excluding hydrogens is 160 g/mol. The molecule has 0 aliphatic carbocycles. The van der Waals surface area contributed by atoms with E-state index in [0.29, 0.717) is 0 Å². The summed E-state index contributed by atoms with van der Waals surface area (Å²) in [6, 6.07) is 0. The summed E-state index contributed by atoms with van der Waals surface area (Å²) in [4.78, 5) is 12.5. The van der Waals surface area contributed by atoms with E-state index in [9.17, 15) is 4.79 Å². The summed E-state index contributed by atoms with van der Waals surface area (Å²) in [5, 5.41) is 7.29. The van der Waals surface area contributed by atoms with Crippen LogP contribution in [0.5, 0.6) is 0 Å². The first-order valence-electron chi connectivity index (χ1n) is 1.09. The van der Waals surface area contributed by atoms with Crippen LogP contribution in [0.1, 0.15) is 6.92 Å². The smallest absolute Gasteiger partial charge is 0.339 e. The van der Waals surface area contributed by atoms with Crippen LogP contribution in [0.2, 0.25) is 0 Å². The van der Waals surface area contributed by atoms with Gasteiger partial charge in [-0.15, -0.1) is 0 Å². The van der Waals surface area contributed by atoms with Crippen molar-refractivity contribution in [3.8, 4) is 0 Å². The standard InChI is InChI=1S/C2H4O3.Mg.4H2O.2H/c1-2(3)5-4;;;;;;;/h4H,1H3;;4*1H2;;. The lowest BCUT2D eigenvalue weighted by atomic mass is 10.9. The Morgan fingerprint density at radius 2 is 1.30 bits per heavy atom. The highest BCUT2D eigenvalue weighted by Gasteiger charge is 1.79. The molecule has 0 amide bonds. The van der Waals surface area contributed by atoms with Crippen LogP contribution < -0.4 is 0 Å². The summed E-state index contributed by atoms with van der Waals surface area (Å²) in [6.07, 6.45) is 0. The van der Waals surface area contributed by atoms with Gasteiger partial charge in [0.15, 0.2) is 0 Å². The molecule has 0 atom stereocenters. The van der Waals surface area contributed by atoms with Crippen molar-refractivity contribution >= 4 is 29.0 Å². The topological polar surface area (TPSA) is 173 Å². The molecule has 0 spiro atoms. The van der Waals surface area contributed by atoms with Crippen molar-refractivity contribution in [3.63, 3.8) is 0 Å². The lowest BCUT2D eigenvalue weighted by Crippen LogP contribution is -1.89. The molecule has 0 saturated carbocycles. The van der Waals surface area contributed by atoms with Gasteiger partial charge in [0.05, 0.1) is 0 Å². The van der Waals surface area contributed by atoms with Gasteiger partial charge >= 0.3 is 29.0 Å². The van der Waals surface area contributed by atoms with Crippen molar-refractivity contribution in [1.29, 1.82) is 0 Å². The van der Waals surface area contributed by atoms with Crippen LogP contribution in [0.15, 0.2) is 0 Å². The number of carbonyl (C=O) groups excluding carboxylic acids is 1. The molecule has 66 valence electrons. The Labute approximate surface area is 73.3 Å². The van der Waals surface area contributed by atoms with Gasteiger partial charge in [-0.3, -0.25) is 0 Å². The van der Waals surface area contributed by atoms with Gasteiger partial charge in [-0.25, -0.2) is 4.79 Å². The fourth-order valence-corrected chi connectivity index (χ4v) is 0. The minimum Gasteiger partial charge on any atom is -0.412 e. The maximum atomic E-state index is 9.34. The molecule has 0 rings (SSSR count). The van der Waals surface area contributed by atoms with Crippen LogP contribution in [0.3, 0.4) is 0 Å². The molecule has 10 heavy (non-hydrogen) atoms. The van der Waals surface area contributed by atoms with E-state index in [0.717, 1.165) is 6.92 Å². The van der Waals surface area contributed by atoms with Crippen LogP contribution in [-0.2, 0) is 9.68 Å². The molecule has 0 unspecified atom stereocenters. The Hall–Kier alpha value is 0.0362.